The lowest BCUT2D eigenvalue weighted by atomic mass is 9.76. The fourth-order valence-corrected chi connectivity index (χ4v) is 4.52. The van der Waals surface area contributed by atoms with Gasteiger partial charge >= 0.3 is 0 Å². The summed E-state index contributed by atoms with van der Waals surface area (Å²) in [5.41, 5.74) is 1.26. The van der Waals surface area contributed by atoms with Gasteiger partial charge in [-0.05, 0) is 18.9 Å². The van der Waals surface area contributed by atoms with Gasteiger partial charge in [0.05, 0.1) is 11.4 Å². The number of nitrogens with zero attached hydrogens (tertiary/aromatic N) is 2. The Morgan fingerprint density at radius 3 is 2.79 bits per heavy atom. The van der Waals surface area contributed by atoms with Crippen LogP contribution in [0.1, 0.15) is 36.2 Å². The summed E-state index contributed by atoms with van der Waals surface area (Å²) in [7, 11) is 1.68. The summed E-state index contributed by atoms with van der Waals surface area (Å²) in [6, 6.07) is 7.64. The predicted molar refractivity (Wildman–Crippen MR) is 90.5 cm³/mol. The number of fused-ring (bicyclic) bond motifs is 1. The van der Waals surface area contributed by atoms with Crippen LogP contribution in [0.2, 0.25) is 0 Å². The number of carbonyl (C=O) groups excluding carboxylic acids is 2. The van der Waals surface area contributed by atoms with Crippen LogP contribution in [0.5, 0.6) is 0 Å². The second-order valence-electron chi connectivity index (χ2n) is 7.04. The Hall–Kier alpha value is -2.37. The van der Waals surface area contributed by atoms with Crippen molar-refractivity contribution in [3.05, 3.63) is 30.0 Å². The standard InChI is InChI=1S/C18H22N4O2/c1-19-16(23)13-10-22(11-18(13)8-4-5-9-18)17(24)15-12-6-2-3-7-14(12)20-21-15/h2-3,6-7,13H,4-5,8-11H2,1H3,(H,19,23)(H,20,21). The zero-order valence-corrected chi connectivity index (χ0v) is 13.8. The molecular weight excluding hydrogens is 304 g/mol. The Morgan fingerprint density at radius 1 is 1.29 bits per heavy atom. The van der Waals surface area contributed by atoms with Crippen LogP contribution in [0, 0.1) is 11.3 Å². The molecule has 24 heavy (non-hydrogen) atoms. The first-order chi connectivity index (χ1) is 11.6. The number of para-hydroxylation sites is 1. The number of hydrogen-bond donors (Lipinski definition) is 2. The van der Waals surface area contributed by atoms with Crippen LogP contribution in [0.4, 0.5) is 0 Å². The zero-order chi connectivity index (χ0) is 16.7. The molecule has 1 aliphatic heterocycles. The fourth-order valence-electron chi connectivity index (χ4n) is 4.52. The molecule has 0 radical (unpaired) electrons. The number of carbonyl (C=O) groups is 2. The maximum Gasteiger partial charge on any atom is 0.275 e. The summed E-state index contributed by atoms with van der Waals surface area (Å²) in [5, 5.41) is 10.8. The molecule has 1 spiro atoms. The Morgan fingerprint density at radius 2 is 2.04 bits per heavy atom. The Labute approximate surface area is 140 Å². The molecule has 1 saturated carbocycles. The number of benzene rings is 1. The monoisotopic (exact) mass is 326 g/mol. The van der Waals surface area contributed by atoms with E-state index in [1.807, 2.05) is 29.2 Å². The molecule has 2 aliphatic rings. The SMILES string of the molecule is CNC(=O)C1CN(C(=O)c2n[nH]c3ccccc23)CC12CCCC2. The average molecular weight is 326 g/mol. The quantitative estimate of drug-likeness (QED) is 0.885. The van der Waals surface area contributed by atoms with Crippen LogP contribution in [-0.2, 0) is 4.79 Å². The number of aromatic amines is 1. The van der Waals surface area contributed by atoms with Crippen molar-refractivity contribution in [1.82, 2.24) is 20.4 Å². The van der Waals surface area contributed by atoms with Crippen molar-refractivity contribution in [3.8, 4) is 0 Å². The Balaban J connectivity index is 1.65. The second kappa shape index (κ2) is 5.61. The Kier molecular flexibility index (Phi) is 3.55. The summed E-state index contributed by atoms with van der Waals surface area (Å²) in [5.74, 6) is -0.136. The van der Waals surface area contributed by atoms with Crippen molar-refractivity contribution in [2.75, 3.05) is 20.1 Å². The van der Waals surface area contributed by atoms with Crippen LogP contribution in [-0.4, -0.2) is 47.0 Å². The van der Waals surface area contributed by atoms with Gasteiger partial charge in [0, 0.05) is 30.9 Å². The van der Waals surface area contributed by atoms with Crippen molar-refractivity contribution in [3.63, 3.8) is 0 Å². The number of hydrogen-bond acceptors (Lipinski definition) is 3. The van der Waals surface area contributed by atoms with Crippen LogP contribution >= 0.6 is 0 Å². The summed E-state index contributed by atoms with van der Waals surface area (Å²) in [4.78, 5) is 27.2. The van der Waals surface area contributed by atoms with E-state index in [4.69, 9.17) is 0 Å². The highest BCUT2D eigenvalue weighted by atomic mass is 16.2. The minimum absolute atomic E-state index is 0.0537. The number of amides is 2. The molecule has 1 aromatic carbocycles. The lowest BCUT2D eigenvalue weighted by molar-refractivity contribution is -0.127. The van der Waals surface area contributed by atoms with Crippen LogP contribution in [0.15, 0.2) is 24.3 Å². The van der Waals surface area contributed by atoms with Gasteiger partial charge in [-0.3, -0.25) is 14.7 Å². The smallest absolute Gasteiger partial charge is 0.275 e. The number of rotatable bonds is 2. The predicted octanol–water partition coefficient (Wildman–Crippen LogP) is 1.94. The molecule has 2 amide bonds. The van der Waals surface area contributed by atoms with Crippen LogP contribution in [0.25, 0.3) is 10.9 Å². The summed E-state index contributed by atoms with van der Waals surface area (Å²) < 4.78 is 0. The third kappa shape index (κ3) is 2.20. The molecule has 1 unspecified atom stereocenters. The molecule has 2 N–H and O–H groups in total. The van der Waals surface area contributed by atoms with Gasteiger partial charge in [0.1, 0.15) is 0 Å². The van der Waals surface area contributed by atoms with Gasteiger partial charge in [0.2, 0.25) is 5.91 Å². The van der Waals surface area contributed by atoms with E-state index in [0.717, 1.165) is 36.6 Å². The summed E-state index contributed by atoms with van der Waals surface area (Å²) in [6.07, 6.45) is 4.33. The van der Waals surface area contributed by atoms with E-state index < -0.39 is 0 Å². The number of likely N-dealkylation sites (tertiary alicyclic amines) is 1. The van der Waals surface area contributed by atoms with Crippen molar-refractivity contribution >= 4 is 22.7 Å². The molecule has 2 heterocycles. The molecule has 4 rings (SSSR count). The average Bonchev–Trinajstić information content (AvgIpc) is 3.33. The van der Waals surface area contributed by atoms with Crippen molar-refractivity contribution < 1.29 is 9.59 Å². The maximum atomic E-state index is 13.0. The van der Waals surface area contributed by atoms with E-state index in [1.165, 1.54) is 0 Å². The molecule has 2 aromatic rings. The molecule has 2 fully saturated rings. The molecule has 6 nitrogen and oxygen atoms in total. The highest BCUT2D eigenvalue weighted by molar-refractivity contribution is 6.05. The highest BCUT2D eigenvalue weighted by Gasteiger charge is 2.52. The zero-order valence-electron chi connectivity index (χ0n) is 13.8. The van der Waals surface area contributed by atoms with Crippen LogP contribution < -0.4 is 5.32 Å². The van der Waals surface area contributed by atoms with Crippen molar-refractivity contribution in [2.24, 2.45) is 11.3 Å². The number of H-pyrrole nitrogens is 1. The topological polar surface area (TPSA) is 78.1 Å². The van der Waals surface area contributed by atoms with E-state index >= 15 is 0 Å². The van der Waals surface area contributed by atoms with Gasteiger partial charge in [-0.25, -0.2) is 0 Å². The van der Waals surface area contributed by atoms with E-state index in [2.05, 4.69) is 15.5 Å². The van der Waals surface area contributed by atoms with E-state index in [1.54, 1.807) is 7.05 Å². The fraction of sp³-hybridized carbons (Fsp3) is 0.500. The van der Waals surface area contributed by atoms with Gasteiger partial charge in [-0.15, -0.1) is 0 Å². The van der Waals surface area contributed by atoms with Gasteiger partial charge in [-0.1, -0.05) is 31.0 Å². The first kappa shape index (κ1) is 15.2. The highest BCUT2D eigenvalue weighted by Crippen LogP contribution is 2.49. The van der Waals surface area contributed by atoms with Crippen molar-refractivity contribution in [2.45, 2.75) is 25.7 Å². The maximum absolute atomic E-state index is 13.0. The van der Waals surface area contributed by atoms with E-state index in [0.29, 0.717) is 18.8 Å². The molecule has 6 heteroatoms. The van der Waals surface area contributed by atoms with E-state index in [9.17, 15) is 9.59 Å². The normalized spacial score (nSPS) is 22.4. The lowest BCUT2D eigenvalue weighted by Gasteiger charge is -2.28. The summed E-state index contributed by atoms with van der Waals surface area (Å²) >= 11 is 0. The molecule has 1 aliphatic carbocycles. The van der Waals surface area contributed by atoms with Crippen LogP contribution in [0.3, 0.4) is 0 Å². The largest absolute Gasteiger partial charge is 0.359 e. The second-order valence-corrected chi connectivity index (χ2v) is 7.04. The molecular formula is C18H22N4O2. The molecule has 0 bridgehead atoms. The Bertz CT molecular complexity index is 791. The first-order valence-electron chi connectivity index (χ1n) is 8.59. The van der Waals surface area contributed by atoms with Gasteiger partial charge in [-0.2, -0.15) is 5.10 Å². The molecule has 1 aromatic heterocycles. The molecule has 1 atom stereocenters. The van der Waals surface area contributed by atoms with Gasteiger partial charge in [0.15, 0.2) is 5.69 Å². The number of nitrogens with one attached hydrogen (secondary N) is 2. The van der Waals surface area contributed by atoms with E-state index in [-0.39, 0.29) is 23.1 Å². The van der Waals surface area contributed by atoms with Gasteiger partial charge < -0.3 is 10.2 Å². The third-order valence-corrected chi connectivity index (χ3v) is 5.77. The minimum atomic E-state index is -0.112. The summed E-state index contributed by atoms with van der Waals surface area (Å²) in [6.45, 7) is 1.14. The van der Waals surface area contributed by atoms with Gasteiger partial charge in [0.25, 0.3) is 5.91 Å². The first-order valence-corrected chi connectivity index (χ1v) is 8.59. The minimum Gasteiger partial charge on any atom is -0.359 e. The molecule has 1 saturated heterocycles. The van der Waals surface area contributed by atoms with Crippen molar-refractivity contribution in [1.29, 1.82) is 0 Å². The number of aromatic nitrogens is 2. The molecule has 126 valence electrons. The lowest BCUT2D eigenvalue weighted by Crippen LogP contribution is -2.38. The third-order valence-electron chi connectivity index (χ3n) is 5.77.